The standard InChI is InChI=1S/C30H42N4O2/c1-5-34(24-17-15-23(16-18-24)33(3)4)28-14-10-13-26-25(28)12-9-7-6-8-11-22-19-21(2)32-30(36)27(22)20-31-29(26)35/h7,9-10,13-14,19,23-24H,5-6,8,11-12,15-18,20H2,1-4H3,(H,31,35)(H,32,36). The number of benzene rings is 1. The van der Waals surface area contributed by atoms with Gasteiger partial charge in [-0.25, -0.2) is 0 Å². The van der Waals surface area contributed by atoms with Gasteiger partial charge in [-0.3, -0.25) is 9.59 Å². The van der Waals surface area contributed by atoms with Crippen molar-refractivity contribution in [3.8, 4) is 0 Å². The largest absolute Gasteiger partial charge is 0.369 e. The number of nitrogens with zero attached hydrogens (tertiary/aromatic N) is 2. The van der Waals surface area contributed by atoms with Gasteiger partial charge in [0, 0.05) is 47.7 Å². The minimum atomic E-state index is -0.113. The number of aryl methyl sites for hydroxylation is 2. The highest BCUT2D eigenvalue weighted by atomic mass is 16.1. The topological polar surface area (TPSA) is 68.4 Å². The molecule has 1 aliphatic carbocycles. The summed E-state index contributed by atoms with van der Waals surface area (Å²) in [7, 11) is 4.36. The van der Waals surface area contributed by atoms with E-state index in [1.807, 2.05) is 25.1 Å². The number of nitrogens with one attached hydrogen (secondary N) is 2. The van der Waals surface area contributed by atoms with E-state index < -0.39 is 0 Å². The summed E-state index contributed by atoms with van der Waals surface area (Å²) in [5, 5.41) is 3.07. The Balaban J connectivity index is 1.65. The number of pyridine rings is 1. The van der Waals surface area contributed by atoms with E-state index in [2.05, 4.69) is 59.3 Å². The normalized spacial score (nSPS) is 21.0. The SMILES string of the molecule is CCN(c1cccc2c1CC=CCCCc1cc(C)[nH]c(=O)c1CNC2=O)C1CCC(N(C)C)CC1. The van der Waals surface area contributed by atoms with Gasteiger partial charge < -0.3 is 20.1 Å². The molecule has 1 fully saturated rings. The Morgan fingerprint density at radius 3 is 2.47 bits per heavy atom. The number of rotatable bonds is 4. The molecule has 194 valence electrons. The first-order valence-corrected chi connectivity index (χ1v) is 13.6. The average Bonchev–Trinajstić information content (AvgIpc) is 2.87. The van der Waals surface area contributed by atoms with Crippen molar-refractivity contribution in [2.45, 2.75) is 83.8 Å². The molecular formula is C30H42N4O2. The monoisotopic (exact) mass is 490 g/mol. The number of hydrogen-bond acceptors (Lipinski definition) is 4. The van der Waals surface area contributed by atoms with E-state index in [-0.39, 0.29) is 18.0 Å². The van der Waals surface area contributed by atoms with E-state index in [9.17, 15) is 9.59 Å². The van der Waals surface area contributed by atoms with Gasteiger partial charge >= 0.3 is 0 Å². The van der Waals surface area contributed by atoms with E-state index in [4.69, 9.17) is 0 Å². The second-order valence-electron chi connectivity index (χ2n) is 10.6. The molecule has 1 aliphatic heterocycles. The molecule has 0 bridgehead atoms. The Bertz CT molecular complexity index is 1140. The lowest BCUT2D eigenvalue weighted by molar-refractivity contribution is 0.0950. The zero-order chi connectivity index (χ0) is 25.7. The molecule has 0 radical (unpaired) electrons. The fourth-order valence-corrected chi connectivity index (χ4v) is 5.98. The number of H-pyrrole nitrogens is 1. The summed E-state index contributed by atoms with van der Waals surface area (Å²) in [4.78, 5) is 34.0. The van der Waals surface area contributed by atoms with Crippen LogP contribution in [0.15, 0.2) is 41.2 Å². The number of hydrogen-bond donors (Lipinski definition) is 2. The molecule has 2 heterocycles. The molecule has 0 unspecified atom stereocenters. The molecule has 2 aromatic rings. The summed E-state index contributed by atoms with van der Waals surface area (Å²) in [5.41, 5.74) is 5.43. The minimum absolute atomic E-state index is 0.102. The van der Waals surface area contributed by atoms with Crippen molar-refractivity contribution in [1.82, 2.24) is 15.2 Å². The van der Waals surface area contributed by atoms with Gasteiger partial charge in [-0.05, 0) is 109 Å². The number of carbonyl (C=O) groups excluding carboxylic acids is 1. The number of fused-ring (bicyclic) bond motifs is 2. The van der Waals surface area contributed by atoms with Gasteiger partial charge in [-0.2, -0.15) is 0 Å². The second-order valence-corrected chi connectivity index (χ2v) is 10.6. The zero-order valence-electron chi connectivity index (χ0n) is 22.4. The first-order valence-electron chi connectivity index (χ1n) is 13.6. The molecule has 2 aliphatic rings. The van der Waals surface area contributed by atoms with Crippen molar-refractivity contribution in [2.75, 3.05) is 25.5 Å². The number of allylic oxidation sites excluding steroid dienone is 2. The summed E-state index contributed by atoms with van der Waals surface area (Å²) in [6, 6.07) is 9.31. The van der Waals surface area contributed by atoms with Crippen molar-refractivity contribution in [2.24, 2.45) is 0 Å². The molecule has 6 nitrogen and oxygen atoms in total. The molecule has 2 N–H and O–H groups in total. The average molecular weight is 491 g/mol. The first kappa shape index (κ1) is 26.2. The highest BCUT2D eigenvalue weighted by Gasteiger charge is 2.28. The van der Waals surface area contributed by atoms with Gasteiger partial charge in [0.25, 0.3) is 11.5 Å². The van der Waals surface area contributed by atoms with Crippen LogP contribution < -0.4 is 15.8 Å². The van der Waals surface area contributed by atoms with Crippen LogP contribution in [-0.2, 0) is 19.4 Å². The maximum absolute atomic E-state index is 13.5. The lowest BCUT2D eigenvalue weighted by atomic mass is 9.88. The van der Waals surface area contributed by atoms with Crippen molar-refractivity contribution in [3.05, 3.63) is 74.7 Å². The fraction of sp³-hybridized carbons (Fsp3) is 0.533. The van der Waals surface area contributed by atoms with Crippen LogP contribution in [0.4, 0.5) is 5.69 Å². The van der Waals surface area contributed by atoms with Crippen molar-refractivity contribution < 1.29 is 4.79 Å². The molecule has 1 amide bonds. The Morgan fingerprint density at radius 2 is 1.75 bits per heavy atom. The lowest BCUT2D eigenvalue weighted by Crippen LogP contribution is -2.42. The van der Waals surface area contributed by atoms with E-state index in [1.165, 1.54) is 31.4 Å². The van der Waals surface area contributed by atoms with E-state index in [0.717, 1.165) is 49.0 Å². The van der Waals surface area contributed by atoms with E-state index >= 15 is 0 Å². The molecule has 36 heavy (non-hydrogen) atoms. The molecule has 0 atom stereocenters. The fourth-order valence-electron chi connectivity index (χ4n) is 5.98. The van der Waals surface area contributed by atoms with Crippen molar-refractivity contribution in [1.29, 1.82) is 0 Å². The predicted octanol–water partition coefficient (Wildman–Crippen LogP) is 4.75. The number of anilines is 1. The molecule has 1 aromatic heterocycles. The van der Waals surface area contributed by atoms with Crippen LogP contribution in [0.3, 0.4) is 0 Å². The van der Waals surface area contributed by atoms with Crippen LogP contribution in [0.1, 0.15) is 78.2 Å². The number of aromatic nitrogens is 1. The summed E-state index contributed by atoms with van der Waals surface area (Å²) in [5.74, 6) is -0.113. The maximum atomic E-state index is 13.5. The molecule has 4 rings (SSSR count). The Labute approximate surface area is 215 Å². The van der Waals surface area contributed by atoms with Gasteiger partial charge in [0.2, 0.25) is 0 Å². The zero-order valence-corrected chi connectivity index (χ0v) is 22.4. The summed E-state index contributed by atoms with van der Waals surface area (Å²) >= 11 is 0. The second kappa shape index (κ2) is 11.9. The van der Waals surface area contributed by atoms with E-state index in [0.29, 0.717) is 23.2 Å². The van der Waals surface area contributed by atoms with E-state index in [1.54, 1.807) is 0 Å². The van der Waals surface area contributed by atoms with Gasteiger partial charge in [-0.15, -0.1) is 0 Å². The Morgan fingerprint density at radius 1 is 1.00 bits per heavy atom. The molecule has 1 aromatic carbocycles. The summed E-state index contributed by atoms with van der Waals surface area (Å²) in [6.45, 7) is 5.29. The number of carbonyl (C=O) groups is 1. The molecule has 0 saturated heterocycles. The smallest absolute Gasteiger partial charge is 0.253 e. The molecule has 6 heteroatoms. The Kier molecular flexibility index (Phi) is 8.68. The lowest BCUT2D eigenvalue weighted by Gasteiger charge is -2.40. The predicted molar refractivity (Wildman–Crippen MR) is 148 cm³/mol. The van der Waals surface area contributed by atoms with Crippen LogP contribution in [-0.4, -0.2) is 48.5 Å². The van der Waals surface area contributed by atoms with Crippen LogP contribution in [0.25, 0.3) is 0 Å². The van der Waals surface area contributed by atoms with Gasteiger partial charge in [0.1, 0.15) is 0 Å². The third-order valence-corrected chi connectivity index (χ3v) is 7.98. The highest BCUT2D eigenvalue weighted by Crippen LogP contribution is 2.33. The third-order valence-electron chi connectivity index (χ3n) is 7.98. The third kappa shape index (κ3) is 5.92. The summed E-state index contributed by atoms with van der Waals surface area (Å²) < 4.78 is 0. The van der Waals surface area contributed by atoms with Crippen LogP contribution in [0.5, 0.6) is 0 Å². The van der Waals surface area contributed by atoms with Gasteiger partial charge in [0.15, 0.2) is 0 Å². The first-order chi connectivity index (χ1) is 17.4. The van der Waals surface area contributed by atoms with Crippen molar-refractivity contribution in [3.63, 3.8) is 0 Å². The molecular weight excluding hydrogens is 448 g/mol. The van der Waals surface area contributed by atoms with Crippen LogP contribution >= 0.6 is 0 Å². The van der Waals surface area contributed by atoms with Gasteiger partial charge in [0.05, 0.1) is 0 Å². The van der Waals surface area contributed by atoms with Crippen LogP contribution in [0, 0.1) is 6.92 Å². The molecule has 0 spiro atoms. The maximum Gasteiger partial charge on any atom is 0.253 e. The number of aromatic amines is 1. The minimum Gasteiger partial charge on any atom is -0.369 e. The Hall–Kier alpha value is -2.86. The molecule has 1 saturated carbocycles. The van der Waals surface area contributed by atoms with Crippen molar-refractivity contribution >= 4 is 11.6 Å². The van der Waals surface area contributed by atoms with Gasteiger partial charge in [-0.1, -0.05) is 18.2 Å². The van der Waals surface area contributed by atoms with Crippen LogP contribution in [0.2, 0.25) is 0 Å². The quantitative estimate of drug-likeness (QED) is 0.607. The summed E-state index contributed by atoms with van der Waals surface area (Å²) in [6.07, 6.45) is 12.7. The number of amides is 1. The highest BCUT2D eigenvalue weighted by molar-refractivity contribution is 5.97.